The summed E-state index contributed by atoms with van der Waals surface area (Å²) in [6.45, 7) is 0. The monoisotopic (exact) mass is 238 g/mol. The van der Waals surface area contributed by atoms with Crippen LogP contribution in [0.25, 0.3) is 0 Å². The van der Waals surface area contributed by atoms with Crippen molar-refractivity contribution in [3.05, 3.63) is 35.1 Å². The highest BCUT2D eigenvalue weighted by Gasteiger charge is 2.20. The third-order valence-electron chi connectivity index (χ3n) is 1.90. The van der Waals surface area contributed by atoms with Crippen LogP contribution in [0, 0.1) is 17.5 Å². The van der Waals surface area contributed by atoms with Crippen LogP contribution >= 0.6 is 12.6 Å². The molecule has 15 heavy (non-hydrogen) atoms. The molecule has 0 fully saturated rings. The largest absolute Gasteiger partial charge is 0.389 e. The summed E-state index contributed by atoms with van der Waals surface area (Å²) < 4.78 is 38.0. The van der Waals surface area contributed by atoms with E-state index in [0.29, 0.717) is 12.1 Å². The van der Waals surface area contributed by atoms with Gasteiger partial charge in [-0.3, -0.25) is 0 Å². The molecule has 0 amide bonds. The topological polar surface area (TPSA) is 40.5 Å². The van der Waals surface area contributed by atoms with E-state index < -0.39 is 29.7 Å². The summed E-state index contributed by atoms with van der Waals surface area (Å²) in [6, 6.07) is 1.27. The standard InChI is InChI=1S/C9H9F3O2S/c10-5-1-4(2-6(11)8(5)12)9(14)7(13)3-15/h1-2,7,9,13-15H,3H2. The van der Waals surface area contributed by atoms with Crippen LogP contribution in [0.5, 0.6) is 0 Å². The second kappa shape index (κ2) is 4.87. The first-order valence-electron chi connectivity index (χ1n) is 4.08. The van der Waals surface area contributed by atoms with Gasteiger partial charge in [-0.15, -0.1) is 0 Å². The maximum absolute atomic E-state index is 12.7. The minimum Gasteiger partial charge on any atom is -0.389 e. The molecule has 2 unspecified atom stereocenters. The van der Waals surface area contributed by atoms with E-state index in [-0.39, 0.29) is 11.3 Å². The van der Waals surface area contributed by atoms with Crippen molar-refractivity contribution in [1.29, 1.82) is 0 Å². The molecule has 2 atom stereocenters. The predicted molar refractivity (Wildman–Crippen MR) is 51.1 cm³/mol. The molecule has 0 aromatic heterocycles. The molecule has 1 aromatic carbocycles. The maximum atomic E-state index is 12.7. The van der Waals surface area contributed by atoms with Crippen LogP contribution in [0.1, 0.15) is 11.7 Å². The molecular weight excluding hydrogens is 229 g/mol. The Labute approximate surface area is 89.8 Å². The van der Waals surface area contributed by atoms with Crippen molar-refractivity contribution in [2.24, 2.45) is 0 Å². The lowest BCUT2D eigenvalue weighted by atomic mass is 10.0. The Bertz CT molecular complexity index is 336. The summed E-state index contributed by atoms with van der Waals surface area (Å²) in [5.41, 5.74) is -0.229. The average Bonchev–Trinajstić information content (AvgIpc) is 2.23. The smallest absolute Gasteiger partial charge is 0.194 e. The van der Waals surface area contributed by atoms with E-state index in [9.17, 15) is 18.3 Å². The normalized spacial score (nSPS) is 15.1. The number of aliphatic hydroxyl groups excluding tert-OH is 2. The molecule has 2 nitrogen and oxygen atoms in total. The van der Waals surface area contributed by atoms with Crippen molar-refractivity contribution in [2.45, 2.75) is 12.2 Å². The van der Waals surface area contributed by atoms with Crippen LogP contribution in [0.3, 0.4) is 0 Å². The van der Waals surface area contributed by atoms with Gasteiger partial charge in [0.25, 0.3) is 0 Å². The van der Waals surface area contributed by atoms with Crippen molar-refractivity contribution in [2.75, 3.05) is 5.75 Å². The first kappa shape index (κ1) is 12.4. The Kier molecular flexibility index (Phi) is 4.01. The fraction of sp³-hybridized carbons (Fsp3) is 0.333. The summed E-state index contributed by atoms with van der Waals surface area (Å²) >= 11 is 3.71. The molecule has 0 aliphatic rings. The van der Waals surface area contributed by atoms with E-state index in [0.717, 1.165) is 0 Å². The Balaban J connectivity index is 3.06. The van der Waals surface area contributed by atoms with Crippen LogP contribution in [-0.2, 0) is 0 Å². The molecule has 0 aliphatic heterocycles. The van der Waals surface area contributed by atoms with Gasteiger partial charge in [-0.05, 0) is 17.7 Å². The summed E-state index contributed by atoms with van der Waals surface area (Å²) in [5, 5.41) is 18.5. The molecule has 6 heteroatoms. The van der Waals surface area contributed by atoms with Gasteiger partial charge in [0.2, 0.25) is 0 Å². The Morgan fingerprint density at radius 2 is 1.60 bits per heavy atom. The first-order chi connectivity index (χ1) is 6.97. The molecule has 1 aromatic rings. The minimum atomic E-state index is -1.61. The lowest BCUT2D eigenvalue weighted by molar-refractivity contribution is 0.0333. The molecule has 1 rings (SSSR count). The molecule has 0 heterocycles. The molecule has 0 saturated heterocycles. The molecule has 0 aliphatic carbocycles. The lowest BCUT2D eigenvalue weighted by Crippen LogP contribution is -2.20. The van der Waals surface area contributed by atoms with Gasteiger partial charge in [-0.1, -0.05) is 0 Å². The molecule has 0 spiro atoms. The zero-order chi connectivity index (χ0) is 11.6. The Morgan fingerprint density at radius 1 is 1.13 bits per heavy atom. The van der Waals surface area contributed by atoms with Crippen molar-refractivity contribution >= 4 is 12.6 Å². The number of benzene rings is 1. The van der Waals surface area contributed by atoms with Gasteiger partial charge in [-0.25, -0.2) is 13.2 Å². The maximum Gasteiger partial charge on any atom is 0.194 e. The molecule has 0 radical (unpaired) electrons. The van der Waals surface area contributed by atoms with Crippen LogP contribution in [0.4, 0.5) is 13.2 Å². The molecule has 0 bridgehead atoms. The highest BCUT2D eigenvalue weighted by Crippen LogP contribution is 2.22. The highest BCUT2D eigenvalue weighted by molar-refractivity contribution is 7.80. The summed E-state index contributed by atoms with van der Waals surface area (Å²) in [7, 11) is 0. The van der Waals surface area contributed by atoms with Crippen molar-refractivity contribution in [3.8, 4) is 0 Å². The number of hydrogen-bond acceptors (Lipinski definition) is 3. The van der Waals surface area contributed by atoms with Gasteiger partial charge in [0.1, 0.15) is 6.10 Å². The van der Waals surface area contributed by atoms with Crippen LogP contribution in [-0.4, -0.2) is 22.1 Å². The second-order valence-corrected chi connectivity index (χ2v) is 3.36. The molecule has 2 N–H and O–H groups in total. The van der Waals surface area contributed by atoms with E-state index in [1.54, 1.807) is 0 Å². The first-order valence-corrected chi connectivity index (χ1v) is 4.72. The summed E-state index contributed by atoms with van der Waals surface area (Å²) in [6.07, 6.45) is -2.76. The Hall–Kier alpha value is -0.720. The second-order valence-electron chi connectivity index (χ2n) is 2.99. The number of thiol groups is 1. The predicted octanol–water partition coefficient (Wildman–Crippen LogP) is 1.43. The lowest BCUT2D eigenvalue weighted by Gasteiger charge is -2.16. The Morgan fingerprint density at radius 3 is 2.00 bits per heavy atom. The molecule has 0 saturated carbocycles. The van der Waals surface area contributed by atoms with Gasteiger partial charge < -0.3 is 10.2 Å². The van der Waals surface area contributed by atoms with E-state index in [4.69, 9.17) is 5.11 Å². The van der Waals surface area contributed by atoms with Crippen LogP contribution in [0.2, 0.25) is 0 Å². The van der Waals surface area contributed by atoms with Gasteiger partial charge in [0.15, 0.2) is 17.5 Å². The highest BCUT2D eigenvalue weighted by atomic mass is 32.1. The van der Waals surface area contributed by atoms with E-state index in [2.05, 4.69) is 12.6 Å². The van der Waals surface area contributed by atoms with Gasteiger partial charge in [0.05, 0.1) is 6.10 Å². The zero-order valence-corrected chi connectivity index (χ0v) is 8.39. The third-order valence-corrected chi connectivity index (χ3v) is 2.27. The number of rotatable bonds is 3. The van der Waals surface area contributed by atoms with Crippen molar-refractivity contribution in [3.63, 3.8) is 0 Å². The van der Waals surface area contributed by atoms with Gasteiger partial charge >= 0.3 is 0 Å². The fourth-order valence-corrected chi connectivity index (χ4v) is 1.27. The number of hydrogen-bond donors (Lipinski definition) is 3. The average molecular weight is 238 g/mol. The van der Waals surface area contributed by atoms with E-state index in [1.165, 1.54) is 0 Å². The van der Waals surface area contributed by atoms with Crippen LogP contribution in [0.15, 0.2) is 12.1 Å². The number of halogens is 3. The van der Waals surface area contributed by atoms with E-state index >= 15 is 0 Å². The van der Waals surface area contributed by atoms with Gasteiger partial charge in [-0.2, -0.15) is 12.6 Å². The molecular formula is C9H9F3O2S. The number of aliphatic hydroxyl groups is 2. The van der Waals surface area contributed by atoms with E-state index in [1.807, 2.05) is 0 Å². The quantitative estimate of drug-likeness (QED) is 0.550. The van der Waals surface area contributed by atoms with Crippen molar-refractivity contribution in [1.82, 2.24) is 0 Å². The zero-order valence-electron chi connectivity index (χ0n) is 7.49. The molecule has 84 valence electrons. The summed E-state index contributed by atoms with van der Waals surface area (Å²) in [4.78, 5) is 0. The van der Waals surface area contributed by atoms with Crippen molar-refractivity contribution < 1.29 is 23.4 Å². The third kappa shape index (κ3) is 2.64. The summed E-state index contributed by atoms with van der Waals surface area (Å²) in [5.74, 6) is -4.50. The minimum absolute atomic E-state index is 0.0816. The van der Waals surface area contributed by atoms with Gasteiger partial charge in [0, 0.05) is 5.75 Å². The SMILES string of the molecule is OC(CS)C(O)c1cc(F)c(F)c(F)c1. The van der Waals surface area contributed by atoms with Crippen LogP contribution < -0.4 is 0 Å². The fourth-order valence-electron chi connectivity index (χ4n) is 1.07.